The van der Waals surface area contributed by atoms with Crippen LogP contribution in [0.4, 0.5) is 11.4 Å². The number of para-hydroxylation sites is 1. The molecule has 2 amide bonds. The summed E-state index contributed by atoms with van der Waals surface area (Å²) in [7, 11) is 0. The number of H-pyrrole nitrogens is 1. The normalized spacial score (nSPS) is 17.4. The van der Waals surface area contributed by atoms with Crippen LogP contribution >= 0.6 is 0 Å². The van der Waals surface area contributed by atoms with E-state index in [0.29, 0.717) is 0 Å². The molecule has 1 N–H and O–H groups in total. The van der Waals surface area contributed by atoms with E-state index in [2.05, 4.69) is 4.98 Å². The zero-order chi connectivity index (χ0) is 17.6. The van der Waals surface area contributed by atoms with Crippen LogP contribution < -0.4 is 4.90 Å². The Labute approximate surface area is 142 Å². The summed E-state index contributed by atoms with van der Waals surface area (Å²) in [4.78, 5) is 39.8. The van der Waals surface area contributed by atoms with E-state index in [1.165, 1.54) is 24.3 Å². The van der Waals surface area contributed by atoms with Gasteiger partial charge in [0.15, 0.2) is 0 Å². The number of nitrogens with one attached hydrogen (secondary N) is 1. The van der Waals surface area contributed by atoms with Crippen LogP contribution in [-0.4, -0.2) is 21.7 Å². The van der Waals surface area contributed by atoms with E-state index < -0.39 is 10.8 Å². The molecule has 2 aromatic carbocycles. The van der Waals surface area contributed by atoms with Gasteiger partial charge in [-0.05, 0) is 17.7 Å². The van der Waals surface area contributed by atoms with Crippen LogP contribution in [0.25, 0.3) is 10.9 Å². The first-order chi connectivity index (χ1) is 12.1. The summed E-state index contributed by atoms with van der Waals surface area (Å²) in [5, 5.41) is 11.8. The molecule has 0 spiro atoms. The van der Waals surface area contributed by atoms with Crippen molar-refractivity contribution in [3.8, 4) is 0 Å². The van der Waals surface area contributed by atoms with Gasteiger partial charge >= 0.3 is 0 Å². The van der Waals surface area contributed by atoms with Gasteiger partial charge in [0.25, 0.3) is 5.69 Å². The fourth-order valence-corrected chi connectivity index (χ4v) is 3.27. The van der Waals surface area contributed by atoms with Gasteiger partial charge in [0.05, 0.1) is 16.5 Å². The first-order valence-corrected chi connectivity index (χ1v) is 7.73. The number of nitrogens with zero attached hydrogens (tertiary/aromatic N) is 2. The number of nitro benzene ring substituents is 1. The standard InChI is InChI=1S/C18H13N3O4/c22-17-9-14(15-10-19-16-7-2-1-6-13(15)16)18(23)20(17)11-4-3-5-12(8-11)21(24)25/h1-8,10,14,19H,9H2/t14-/m0/s1. The Morgan fingerprint density at radius 2 is 1.92 bits per heavy atom. The topological polar surface area (TPSA) is 96.3 Å². The highest BCUT2D eigenvalue weighted by Crippen LogP contribution is 2.37. The molecule has 0 saturated carbocycles. The molecule has 1 aromatic heterocycles. The van der Waals surface area contributed by atoms with Crippen molar-refractivity contribution < 1.29 is 14.5 Å². The Balaban J connectivity index is 1.73. The van der Waals surface area contributed by atoms with Gasteiger partial charge < -0.3 is 4.98 Å². The van der Waals surface area contributed by atoms with Crippen molar-refractivity contribution in [1.29, 1.82) is 0 Å². The fraction of sp³-hybridized carbons (Fsp3) is 0.111. The molecule has 1 aliphatic heterocycles. The number of aromatic amines is 1. The number of anilines is 1. The van der Waals surface area contributed by atoms with Gasteiger partial charge in [-0.15, -0.1) is 0 Å². The molecule has 0 aliphatic carbocycles. The second-order valence-electron chi connectivity index (χ2n) is 5.89. The zero-order valence-electron chi connectivity index (χ0n) is 13.0. The van der Waals surface area contributed by atoms with Crippen molar-refractivity contribution in [3.63, 3.8) is 0 Å². The maximum Gasteiger partial charge on any atom is 0.271 e. The number of hydrogen-bond acceptors (Lipinski definition) is 4. The van der Waals surface area contributed by atoms with E-state index in [1.807, 2.05) is 24.3 Å². The molecular weight excluding hydrogens is 322 g/mol. The van der Waals surface area contributed by atoms with Crippen LogP contribution in [0.5, 0.6) is 0 Å². The fourth-order valence-electron chi connectivity index (χ4n) is 3.27. The van der Waals surface area contributed by atoms with Crippen molar-refractivity contribution in [2.75, 3.05) is 4.90 Å². The monoisotopic (exact) mass is 335 g/mol. The minimum atomic E-state index is -0.595. The van der Waals surface area contributed by atoms with Crippen LogP contribution in [0, 0.1) is 10.1 Å². The number of amides is 2. The highest BCUT2D eigenvalue weighted by Gasteiger charge is 2.41. The van der Waals surface area contributed by atoms with Crippen LogP contribution in [-0.2, 0) is 9.59 Å². The molecule has 4 rings (SSSR count). The summed E-state index contributed by atoms with van der Waals surface area (Å²) in [6.07, 6.45) is 1.79. The van der Waals surface area contributed by atoms with Gasteiger partial charge in [-0.2, -0.15) is 0 Å². The van der Waals surface area contributed by atoms with Crippen molar-refractivity contribution in [2.45, 2.75) is 12.3 Å². The minimum absolute atomic E-state index is 0.0450. The zero-order valence-corrected chi connectivity index (χ0v) is 13.0. The molecule has 1 aliphatic rings. The molecule has 7 heteroatoms. The predicted octanol–water partition coefficient (Wildman–Crippen LogP) is 3.12. The Bertz CT molecular complexity index is 1020. The lowest BCUT2D eigenvalue weighted by Crippen LogP contribution is -2.30. The SMILES string of the molecule is O=C1C[C@@H](c2c[nH]c3ccccc23)C(=O)N1c1cccc([N+](=O)[O-])c1. The number of aromatic nitrogens is 1. The second-order valence-corrected chi connectivity index (χ2v) is 5.89. The second kappa shape index (κ2) is 5.55. The Morgan fingerprint density at radius 3 is 2.72 bits per heavy atom. The number of hydrogen-bond donors (Lipinski definition) is 1. The lowest BCUT2D eigenvalue weighted by molar-refractivity contribution is -0.384. The van der Waals surface area contributed by atoms with Gasteiger partial charge in [-0.3, -0.25) is 19.7 Å². The van der Waals surface area contributed by atoms with Crippen LogP contribution in [0.1, 0.15) is 17.9 Å². The van der Waals surface area contributed by atoms with E-state index >= 15 is 0 Å². The van der Waals surface area contributed by atoms with E-state index in [9.17, 15) is 19.7 Å². The van der Waals surface area contributed by atoms with Crippen LogP contribution in [0.3, 0.4) is 0 Å². The average molecular weight is 335 g/mol. The molecule has 0 bridgehead atoms. The van der Waals surface area contributed by atoms with Gasteiger partial charge in [0.1, 0.15) is 0 Å². The molecule has 25 heavy (non-hydrogen) atoms. The Kier molecular flexibility index (Phi) is 3.35. The van der Waals surface area contributed by atoms with Crippen molar-refractivity contribution in [3.05, 3.63) is 70.4 Å². The maximum atomic E-state index is 12.9. The number of fused-ring (bicyclic) bond motifs is 1. The summed E-state index contributed by atoms with van der Waals surface area (Å²) < 4.78 is 0. The number of nitro groups is 1. The lowest BCUT2D eigenvalue weighted by atomic mass is 9.97. The van der Waals surface area contributed by atoms with Crippen molar-refractivity contribution in [1.82, 2.24) is 4.98 Å². The van der Waals surface area contributed by atoms with Gasteiger partial charge in [0, 0.05) is 35.7 Å². The van der Waals surface area contributed by atoms with Gasteiger partial charge in [0.2, 0.25) is 11.8 Å². The van der Waals surface area contributed by atoms with Gasteiger partial charge in [-0.25, -0.2) is 4.90 Å². The first-order valence-electron chi connectivity index (χ1n) is 7.73. The van der Waals surface area contributed by atoms with E-state index in [0.717, 1.165) is 21.4 Å². The number of non-ortho nitro benzene ring substituents is 1. The number of rotatable bonds is 3. The molecule has 0 radical (unpaired) electrons. The van der Waals surface area contributed by atoms with E-state index in [1.54, 1.807) is 6.20 Å². The third-order valence-corrected chi connectivity index (χ3v) is 4.44. The predicted molar refractivity (Wildman–Crippen MR) is 91.2 cm³/mol. The highest BCUT2D eigenvalue weighted by molar-refractivity contribution is 6.23. The summed E-state index contributed by atoms with van der Waals surface area (Å²) in [5.74, 6) is -1.32. The molecule has 7 nitrogen and oxygen atoms in total. The maximum absolute atomic E-state index is 12.9. The van der Waals surface area contributed by atoms with Crippen molar-refractivity contribution >= 4 is 34.1 Å². The Hall–Kier alpha value is -3.48. The van der Waals surface area contributed by atoms with Crippen molar-refractivity contribution in [2.24, 2.45) is 0 Å². The molecule has 1 atom stereocenters. The van der Waals surface area contributed by atoms with E-state index in [-0.39, 0.29) is 29.6 Å². The number of carbonyl (C=O) groups excluding carboxylic acids is 2. The third-order valence-electron chi connectivity index (χ3n) is 4.44. The van der Waals surface area contributed by atoms with Crippen LogP contribution in [0.15, 0.2) is 54.7 Å². The smallest absolute Gasteiger partial charge is 0.271 e. The molecule has 0 unspecified atom stereocenters. The number of carbonyl (C=O) groups is 2. The molecule has 1 saturated heterocycles. The van der Waals surface area contributed by atoms with Crippen LogP contribution in [0.2, 0.25) is 0 Å². The summed E-state index contributed by atoms with van der Waals surface area (Å²) in [6, 6.07) is 13.1. The molecule has 3 aromatic rings. The average Bonchev–Trinajstić information content (AvgIpc) is 3.15. The quantitative estimate of drug-likeness (QED) is 0.452. The summed E-state index contributed by atoms with van der Waals surface area (Å²) in [6.45, 7) is 0. The largest absolute Gasteiger partial charge is 0.361 e. The minimum Gasteiger partial charge on any atom is -0.361 e. The lowest BCUT2D eigenvalue weighted by Gasteiger charge is -2.14. The first kappa shape index (κ1) is 15.1. The molecular formula is C18H13N3O4. The Morgan fingerprint density at radius 1 is 1.12 bits per heavy atom. The summed E-state index contributed by atoms with van der Waals surface area (Å²) >= 11 is 0. The summed E-state index contributed by atoms with van der Waals surface area (Å²) in [5.41, 5.74) is 1.73. The van der Waals surface area contributed by atoms with Gasteiger partial charge in [-0.1, -0.05) is 24.3 Å². The molecule has 1 fully saturated rings. The third kappa shape index (κ3) is 2.37. The molecule has 124 valence electrons. The highest BCUT2D eigenvalue weighted by atomic mass is 16.6. The number of benzene rings is 2. The molecule has 2 heterocycles. The van der Waals surface area contributed by atoms with E-state index in [4.69, 9.17) is 0 Å². The number of imide groups is 1.